The topological polar surface area (TPSA) is 161 Å². The number of amides is 2. The molecule has 1 aliphatic rings. The van der Waals surface area contributed by atoms with E-state index in [0.717, 1.165) is 22.3 Å². The molecule has 2 aromatic carbocycles. The molecule has 0 radical (unpaired) electrons. The number of benzene rings is 2. The fourth-order valence-electron chi connectivity index (χ4n) is 5.56. The van der Waals surface area contributed by atoms with Crippen molar-refractivity contribution in [2.75, 3.05) is 27.3 Å². The second-order valence-electron chi connectivity index (χ2n) is 11.3. The minimum Gasteiger partial charge on any atom is -0.467 e. The molecule has 11 heteroatoms. The minimum absolute atomic E-state index is 0.0897. The summed E-state index contributed by atoms with van der Waals surface area (Å²) in [7, 11) is 2.80. The van der Waals surface area contributed by atoms with E-state index >= 15 is 0 Å². The van der Waals surface area contributed by atoms with Crippen LogP contribution in [0.1, 0.15) is 63.0 Å². The van der Waals surface area contributed by atoms with Crippen molar-refractivity contribution in [1.29, 1.82) is 0 Å². The van der Waals surface area contributed by atoms with Gasteiger partial charge in [0.25, 0.3) is 0 Å². The quantitative estimate of drug-likeness (QED) is 0.0725. The molecule has 2 aromatic rings. The smallest absolute Gasteiger partial charge is 0.407 e. The van der Waals surface area contributed by atoms with Crippen molar-refractivity contribution in [2.24, 2.45) is 16.6 Å². The van der Waals surface area contributed by atoms with Gasteiger partial charge in [-0.2, -0.15) is 0 Å². The van der Waals surface area contributed by atoms with Gasteiger partial charge in [0.05, 0.1) is 7.11 Å². The number of methoxy groups -OCH3 is 1. The van der Waals surface area contributed by atoms with Crippen LogP contribution in [-0.4, -0.2) is 68.6 Å². The van der Waals surface area contributed by atoms with Gasteiger partial charge in [-0.25, -0.2) is 9.59 Å². The van der Waals surface area contributed by atoms with Crippen molar-refractivity contribution in [3.05, 3.63) is 72.3 Å². The third-order valence-corrected chi connectivity index (χ3v) is 8.18. The van der Waals surface area contributed by atoms with Gasteiger partial charge < -0.3 is 31.2 Å². The van der Waals surface area contributed by atoms with E-state index in [1.165, 1.54) is 13.2 Å². The molecule has 3 rings (SSSR count). The number of guanidine groups is 1. The van der Waals surface area contributed by atoms with E-state index in [-0.39, 0.29) is 37.1 Å². The number of aliphatic imine (C=N–C) groups is 1. The highest BCUT2D eigenvalue weighted by Gasteiger charge is 2.38. The fourth-order valence-corrected chi connectivity index (χ4v) is 5.56. The molecule has 1 aliphatic carbocycles. The molecule has 0 saturated heterocycles. The maximum Gasteiger partial charge on any atom is 0.407 e. The molecule has 3 atom stereocenters. The van der Waals surface area contributed by atoms with Crippen LogP contribution in [0, 0.1) is 5.92 Å². The third kappa shape index (κ3) is 8.93. The van der Waals surface area contributed by atoms with Crippen molar-refractivity contribution in [3.63, 3.8) is 0 Å². The van der Waals surface area contributed by atoms with E-state index in [1.54, 1.807) is 20.9 Å². The summed E-state index contributed by atoms with van der Waals surface area (Å²) in [6.07, 6.45) is 1.86. The minimum atomic E-state index is -1.38. The second-order valence-corrected chi connectivity index (χ2v) is 11.3. The molecule has 0 aliphatic heterocycles. The number of ketones is 1. The first kappa shape index (κ1) is 34.8. The molecule has 0 fully saturated rings. The molecule has 11 nitrogen and oxygen atoms in total. The fraction of sp³-hybridized carbons (Fsp3) is 0.441. The number of rotatable bonds is 16. The van der Waals surface area contributed by atoms with Crippen LogP contribution < -0.4 is 21.7 Å². The number of hydrogen-bond acceptors (Lipinski definition) is 7. The van der Waals surface area contributed by atoms with E-state index < -0.39 is 35.5 Å². The standard InChI is InChI=1S/C34H45N5O6/c1-6-18-34(3,39-33(43)45-21-27-25-16-10-8-14-23(25)24-15-9-11-17-26(24)27)29(40)20-22(13-12-19-37-32(35)36-4)30(41)38-28(7-2)31(42)44-5/h6,8-11,14-17,22,27-28H,1,7,12-13,18-21H2,2-5H3,(H,38,41)(H,39,43)(H3,35,36,37)/t22-,28+,34-/m1/s1. The first-order valence-electron chi connectivity index (χ1n) is 15.2. The Morgan fingerprint density at radius 3 is 2.27 bits per heavy atom. The predicted molar refractivity (Wildman–Crippen MR) is 174 cm³/mol. The number of ether oxygens (including phenoxy) is 2. The first-order valence-corrected chi connectivity index (χ1v) is 15.2. The van der Waals surface area contributed by atoms with Crippen molar-refractivity contribution in [3.8, 4) is 11.1 Å². The van der Waals surface area contributed by atoms with Crippen LogP contribution in [0.4, 0.5) is 4.79 Å². The molecule has 45 heavy (non-hydrogen) atoms. The van der Waals surface area contributed by atoms with Crippen LogP contribution in [0.5, 0.6) is 0 Å². The molecule has 0 heterocycles. The van der Waals surface area contributed by atoms with E-state index in [0.29, 0.717) is 25.8 Å². The highest BCUT2D eigenvalue weighted by molar-refractivity contribution is 5.95. The van der Waals surface area contributed by atoms with E-state index in [2.05, 4.69) is 39.7 Å². The average Bonchev–Trinajstić information content (AvgIpc) is 3.36. The Morgan fingerprint density at radius 1 is 1.09 bits per heavy atom. The van der Waals surface area contributed by atoms with Crippen molar-refractivity contribution < 1.29 is 28.7 Å². The van der Waals surface area contributed by atoms with Gasteiger partial charge in [0.15, 0.2) is 11.7 Å². The van der Waals surface area contributed by atoms with Crippen molar-refractivity contribution >= 4 is 29.7 Å². The van der Waals surface area contributed by atoms with Gasteiger partial charge in [-0.05, 0) is 54.9 Å². The molecule has 0 unspecified atom stereocenters. The van der Waals surface area contributed by atoms with Gasteiger partial charge in [0.1, 0.15) is 18.2 Å². The van der Waals surface area contributed by atoms with Gasteiger partial charge in [-0.1, -0.05) is 61.5 Å². The van der Waals surface area contributed by atoms with Crippen LogP contribution in [0.2, 0.25) is 0 Å². The highest BCUT2D eigenvalue weighted by Crippen LogP contribution is 2.44. The van der Waals surface area contributed by atoms with E-state index in [9.17, 15) is 19.2 Å². The Labute approximate surface area is 265 Å². The molecular formula is C34H45N5O6. The Balaban J connectivity index is 1.71. The summed E-state index contributed by atoms with van der Waals surface area (Å²) in [6.45, 7) is 7.63. The van der Waals surface area contributed by atoms with Crippen molar-refractivity contribution in [2.45, 2.75) is 63.5 Å². The molecule has 0 saturated carbocycles. The Hall–Kier alpha value is -4.67. The predicted octanol–water partition coefficient (Wildman–Crippen LogP) is 3.82. The zero-order valence-corrected chi connectivity index (χ0v) is 26.6. The molecule has 2 amide bonds. The Morgan fingerprint density at radius 2 is 1.71 bits per heavy atom. The summed E-state index contributed by atoms with van der Waals surface area (Å²) in [5, 5.41) is 8.39. The maximum atomic E-state index is 13.8. The largest absolute Gasteiger partial charge is 0.467 e. The van der Waals surface area contributed by atoms with Crippen LogP contribution in [0.15, 0.2) is 66.2 Å². The lowest BCUT2D eigenvalue weighted by Crippen LogP contribution is -2.53. The number of hydrogen-bond donors (Lipinski definition) is 4. The summed E-state index contributed by atoms with van der Waals surface area (Å²) in [6, 6.07) is 15.2. The summed E-state index contributed by atoms with van der Waals surface area (Å²) in [5.41, 5.74) is 8.68. The molecule has 0 bridgehead atoms. The number of esters is 1. The molecule has 0 spiro atoms. The van der Waals surface area contributed by atoms with Gasteiger partial charge in [-0.15, -0.1) is 6.58 Å². The first-order chi connectivity index (χ1) is 21.6. The lowest BCUT2D eigenvalue weighted by Gasteiger charge is -2.30. The zero-order valence-electron chi connectivity index (χ0n) is 26.6. The molecule has 5 N–H and O–H groups in total. The summed E-state index contributed by atoms with van der Waals surface area (Å²) in [5.74, 6) is -2.07. The summed E-state index contributed by atoms with van der Waals surface area (Å²) in [4.78, 5) is 56.3. The number of nitrogens with zero attached hydrogens (tertiary/aromatic N) is 1. The normalized spacial score (nSPS) is 15.0. The summed E-state index contributed by atoms with van der Waals surface area (Å²) >= 11 is 0. The van der Waals surface area contributed by atoms with Gasteiger partial charge in [-0.3, -0.25) is 14.6 Å². The monoisotopic (exact) mass is 619 g/mol. The molecule has 0 aromatic heterocycles. The number of alkyl carbamates (subject to hydrolysis) is 1. The van der Waals surface area contributed by atoms with Crippen LogP contribution in [-0.2, 0) is 23.9 Å². The second kappa shape index (κ2) is 16.4. The van der Waals surface area contributed by atoms with Gasteiger partial charge >= 0.3 is 12.1 Å². The van der Waals surface area contributed by atoms with Crippen LogP contribution in [0.25, 0.3) is 11.1 Å². The highest BCUT2D eigenvalue weighted by atomic mass is 16.5. The van der Waals surface area contributed by atoms with Gasteiger partial charge in [0.2, 0.25) is 5.91 Å². The number of fused-ring (bicyclic) bond motifs is 3. The summed E-state index contributed by atoms with van der Waals surface area (Å²) < 4.78 is 10.5. The van der Waals surface area contributed by atoms with Gasteiger partial charge in [0, 0.05) is 31.8 Å². The number of carbonyl (C=O) groups excluding carboxylic acids is 4. The number of nitrogens with two attached hydrogens (primary N) is 1. The SMILES string of the molecule is C=CC[C@@](C)(NC(=O)OCC1c2ccccc2-c2ccccc21)C(=O)C[C@@H](CCCNC(N)=NC)C(=O)N[C@@H](CC)C(=O)OC. The number of Topliss-reactive ketones (excluding diaryl/α,β-unsaturated/α-hetero) is 1. The Bertz CT molecular complexity index is 1360. The lowest BCUT2D eigenvalue weighted by molar-refractivity contribution is -0.145. The van der Waals surface area contributed by atoms with Crippen LogP contribution >= 0.6 is 0 Å². The number of carbonyl (C=O) groups is 4. The number of nitrogens with one attached hydrogen (secondary N) is 3. The van der Waals surface area contributed by atoms with E-state index in [1.807, 2.05) is 36.4 Å². The van der Waals surface area contributed by atoms with E-state index in [4.69, 9.17) is 15.2 Å². The average molecular weight is 620 g/mol. The zero-order chi connectivity index (χ0) is 33.0. The third-order valence-electron chi connectivity index (χ3n) is 8.18. The molecule has 242 valence electrons. The Kier molecular flexibility index (Phi) is 12.7. The van der Waals surface area contributed by atoms with Crippen molar-refractivity contribution in [1.82, 2.24) is 16.0 Å². The maximum absolute atomic E-state index is 13.8. The molecular weight excluding hydrogens is 574 g/mol. The van der Waals surface area contributed by atoms with Crippen LogP contribution in [0.3, 0.4) is 0 Å². The lowest BCUT2D eigenvalue weighted by atomic mass is 9.84.